The number of aliphatic imine (C=N–C) groups is 1. The van der Waals surface area contributed by atoms with Gasteiger partial charge >= 0.3 is 0 Å². The van der Waals surface area contributed by atoms with E-state index in [-0.39, 0.29) is 24.0 Å². The second-order valence-electron chi connectivity index (χ2n) is 6.30. The largest absolute Gasteiger partial charge is 0.354 e. The molecule has 1 saturated heterocycles. The molecule has 0 radical (unpaired) electrons. The number of piperazine rings is 1. The average molecular weight is 500 g/mol. The van der Waals surface area contributed by atoms with Crippen LogP contribution in [0.1, 0.15) is 17.4 Å². The van der Waals surface area contributed by atoms with E-state index >= 15 is 0 Å². The van der Waals surface area contributed by atoms with Crippen molar-refractivity contribution in [3.8, 4) is 0 Å². The molecule has 1 fully saturated rings. The van der Waals surface area contributed by atoms with Crippen LogP contribution < -0.4 is 15.5 Å². The third kappa shape index (κ3) is 6.62. The third-order valence-electron chi connectivity index (χ3n) is 4.65. The lowest BCUT2D eigenvalue weighted by Crippen LogP contribution is -2.46. The fourth-order valence-corrected chi connectivity index (χ4v) is 3.67. The predicted octanol–water partition coefficient (Wildman–Crippen LogP) is 2.77. The Morgan fingerprint density at radius 2 is 1.96 bits per heavy atom. The monoisotopic (exact) mass is 500 g/mol. The molecule has 1 aliphatic heterocycles. The van der Waals surface area contributed by atoms with E-state index in [1.807, 2.05) is 6.20 Å². The molecule has 1 aliphatic rings. The molecule has 0 unspecified atom stereocenters. The lowest BCUT2D eigenvalue weighted by molar-refractivity contribution is 0.270. The number of aromatic nitrogens is 1. The van der Waals surface area contributed by atoms with E-state index in [4.69, 9.17) is 0 Å². The summed E-state index contributed by atoms with van der Waals surface area (Å²) in [5, 5.41) is 8.82. The van der Waals surface area contributed by atoms with Gasteiger partial charge in [0.25, 0.3) is 0 Å². The Bertz CT molecular complexity index is 698. The van der Waals surface area contributed by atoms with Crippen LogP contribution in [-0.2, 0) is 13.1 Å². The molecule has 6 nitrogen and oxygen atoms in total. The molecule has 27 heavy (non-hydrogen) atoms. The predicted molar refractivity (Wildman–Crippen MR) is 125 cm³/mol. The highest BCUT2D eigenvalue weighted by Crippen LogP contribution is 2.15. The Hall–Kier alpha value is -1.39. The number of halogens is 1. The summed E-state index contributed by atoms with van der Waals surface area (Å²) in [6, 6.07) is 8.43. The minimum Gasteiger partial charge on any atom is -0.354 e. The van der Waals surface area contributed by atoms with Gasteiger partial charge in [0.15, 0.2) is 5.96 Å². The van der Waals surface area contributed by atoms with Crippen LogP contribution in [0.15, 0.2) is 40.8 Å². The lowest BCUT2D eigenvalue weighted by atomic mass is 10.2. The van der Waals surface area contributed by atoms with Crippen molar-refractivity contribution < 1.29 is 0 Å². The van der Waals surface area contributed by atoms with Gasteiger partial charge in [-0.1, -0.05) is 13.0 Å². The Balaban J connectivity index is 0.00000261. The number of nitrogens with one attached hydrogen (secondary N) is 2. The van der Waals surface area contributed by atoms with Crippen molar-refractivity contribution in [3.05, 3.63) is 46.3 Å². The summed E-state index contributed by atoms with van der Waals surface area (Å²) >= 11 is 1.75. The number of hydrogen-bond acceptors (Lipinski definition) is 5. The van der Waals surface area contributed by atoms with Gasteiger partial charge in [-0.15, -0.1) is 35.3 Å². The molecule has 0 atom stereocenters. The zero-order valence-corrected chi connectivity index (χ0v) is 19.2. The first-order valence-corrected chi connectivity index (χ1v) is 10.1. The van der Waals surface area contributed by atoms with Gasteiger partial charge in [0.1, 0.15) is 5.82 Å². The average Bonchev–Trinajstić information content (AvgIpc) is 3.22. The molecule has 148 valence electrons. The summed E-state index contributed by atoms with van der Waals surface area (Å²) in [7, 11) is 1.80. The molecule has 0 bridgehead atoms. The summed E-state index contributed by atoms with van der Waals surface area (Å²) < 4.78 is 0. The highest BCUT2D eigenvalue weighted by Gasteiger charge is 2.16. The molecule has 0 aliphatic carbocycles. The fraction of sp³-hybridized carbons (Fsp3) is 0.474. The van der Waals surface area contributed by atoms with Crippen molar-refractivity contribution in [2.75, 3.05) is 44.7 Å². The van der Waals surface area contributed by atoms with Crippen LogP contribution in [0.5, 0.6) is 0 Å². The highest BCUT2D eigenvalue weighted by atomic mass is 127. The van der Waals surface area contributed by atoms with Crippen LogP contribution in [0.2, 0.25) is 0 Å². The number of likely N-dealkylation sites (N-methyl/N-ethyl adjacent to an activating group) is 1. The molecule has 2 aromatic rings. The van der Waals surface area contributed by atoms with Gasteiger partial charge in [-0.05, 0) is 35.7 Å². The number of thiophene rings is 1. The maximum absolute atomic E-state index is 4.57. The highest BCUT2D eigenvalue weighted by molar-refractivity contribution is 14.0. The smallest absolute Gasteiger partial charge is 0.191 e. The number of rotatable bonds is 6. The third-order valence-corrected chi connectivity index (χ3v) is 5.52. The molecule has 0 amide bonds. The Kier molecular flexibility index (Phi) is 9.29. The fourth-order valence-electron chi connectivity index (χ4n) is 3.03. The molecule has 3 heterocycles. The van der Waals surface area contributed by atoms with Crippen molar-refractivity contribution in [3.63, 3.8) is 0 Å². The van der Waals surface area contributed by atoms with Crippen molar-refractivity contribution in [2.24, 2.45) is 4.99 Å². The van der Waals surface area contributed by atoms with E-state index in [0.29, 0.717) is 0 Å². The van der Waals surface area contributed by atoms with E-state index in [1.165, 1.54) is 10.4 Å². The number of anilines is 1. The molecule has 0 aromatic carbocycles. The normalized spacial score (nSPS) is 15.3. The molecule has 3 rings (SSSR count). The van der Waals surface area contributed by atoms with Crippen LogP contribution >= 0.6 is 35.3 Å². The van der Waals surface area contributed by atoms with Crippen LogP contribution in [-0.4, -0.2) is 55.6 Å². The first-order valence-electron chi connectivity index (χ1n) is 9.17. The number of nitrogens with zero attached hydrogens (tertiary/aromatic N) is 4. The van der Waals surface area contributed by atoms with Gasteiger partial charge in [-0.25, -0.2) is 4.98 Å². The van der Waals surface area contributed by atoms with Crippen molar-refractivity contribution in [1.29, 1.82) is 0 Å². The minimum atomic E-state index is 0. The zero-order valence-electron chi connectivity index (χ0n) is 16.0. The summed E-state index contributed by atoms with van der Waals surface area (Å²) in [6.07, 6.45) is 1.90. The second kappa shape index (κ2) is 11.5. The minimum absolute atomic E-state index is 0. The van der Waals surface area contributed by atoms with Gasteiger partial charge < -0.3 is 20.4 Å². The van der Waals surface area contributed by atoms with Gasteiger partial charge in [0, 0.05) is 50.8 Å². The quantitative estimate of drug-likeness (QED) is 0.363. The molecule has 0 spiro atoms. The van der Waals surface area contributed by atoms with Crippen LogP contribution in [0.25, 0.3) is 0 Å². The molecule has 0 saturated carbocycles. The molecule has 2 N–H and O–H groups in total. The Morgan fingerprint density at radius 1 is 1.19 bits per heavy atom. The van der Waals surface area contributed by atoms with Crippen molar-refractivity contribution in [1.82, 2.24) is 20.5 Å². The summed E-state index contributed by atoms with van der Waals surface area (Å²) in [5.74, 6) is 1.88. The summed E-state index contributed by atoms with van der Waals surface area (Å²) in [6.45, 7) is 9.18. The zero-order chi connectivity index (χ0) is 18.2. The Morgan fingerprint density at radius 3 is 2.63 bits per heavy atom. The maximum atomic E-state index is 4.57. The van der Waals surface area contributed by atoms with Gasteiger partial charge in [0.2, 0.25) is 0 Å². The maximum Gasteiger partial charge on any atom is 0.191 e. The van der Waals surface area contributed by atoms with Crippen LogP contribution in [0.4, 0.5) is 5.82 Å². The summed E-state index contributed by atoms with van der Waals surface area (Å²) in [4.78, 5) is 15.0. The SMILES string of the molecule is CCN1CCN(c2cc(CNC(=NC)NCc3cccs3)ccn2)CC1.I. The van der Waals surface area contributed by atoms with E-state index in [0.717, 1.165) is 57.6 Å². The van der Waals surface area contributed by atoms with E-state index in [1.54, 1.807) is 18.4 Å². The molecule has 8 heteroatoms. The summed E-state index contributed by atoms with van der Waals surface area (Å²) in [5.41, 5.74) is 1.21. The van der Waals surface area contributed by atoms with Gasteiger partial charge in [-0.2, -0.15) is 0 Å². The first-order chi connectivity index (χ1) is 12.8. The lowest BCUT2D eigenvalue weighted by Gasteiger charge is -2.34. The van der Waals surface area contributed by atoms with Crippen LogP contribution in [0, 0.1) is 0 Å². The second-order valence-corrected chi connectivity index (χ2v) is 7.33. The topological polar surface area (TPSA) is 55.8 Å². The molecular formula is C19H29IN6S. The van der Waals surface area contributed by atoms with Crippen LogP contribution in [0.3, 0.4) is 0 Å². The van der Waals surface area contributed by atoms with E-state index in [9.17, 15) is 0 Å². The molecule has 2 aromatic heterocycles. The molecular weight excluding hydrogens is 471 g/mol. The number of guanidine groups is 1. The number of pyridine rings is 1. The standard InChI is InChI=1S/C19H28N6S.HI/c1-3-24-8-10-25(11-9-24)18-13-16(6-7-21-18)14-22-19(20-2)23-15-17-5-4-12-26-17;/h4-7,12-13H,3,8-11,14-15H2,1-2H3,(H2,20,22,23);1H. The van der Waals surface area contributed by atoms with Crippen molar-refractivity contribution >= 4 is 47.1 Å². The van der Waals surface area contributed by atoms with Crippen molar-refractivity contribution in [2.45, 2.75) is 20.0 Å². The van der Waals surface area contributed by atoms with Gasteiger partial charge in [0.05, 0.1) is 6.54 Å². The van der Waals surface area contributed by atoms with E-state index in [2.05, 4.69) is 67.0 Å². The van der Waals surface area contributed by atoms with Gasteiger partial charge in [-0.3, -0.25) is 4.99 Å². The van der Waals surface area contributed by atoms with E-state index < -0.39 is 0 Å². The Labute approximate surface area is 183 Å². The first kappa shape index (κ1) is 21.9. The number of hydrogen-bond donors (Lipinski definition) is 2.